The maximum absolute atomic E-state index is 12.2. The van der Waals surface area contributed by atoms with E-state index in [-0.39, 0.29) is 5.91 Å². The third kappa shape index (κ3) is 4.46. The van der Waals surface area contributed by atoms with E-state index in [1.54, 1.807) is 37.7 Å². The minimum atomic E-state index is -0.131. The number of carbonyl (C=O) groups excluding carboxylic acids is 1. The van der Waals surface area contributed by atoms with E-state index in [9.17, 15) is 4.79 Å². The summed E-state index contributed by atoms with van der Waals surface area (Å²) in [6.07, 6.45) is 1.76. The Morgan fingerprint density at radius 3 is 2.50 bits per heavy atom. The molecule has 0 spiro atoms. The molecule has 1 amide bonds. The number of nitrogens with one attached hydrogen (secondary N) is 2. The molecular formula is C20H24N6O2. The fraction of sp³-hybridized carbons (Fsp3) is 0.300. The van der Waals surface area contributed by atoms with Crippen LogP contribution >= 0.6 is 0 Å². The Bertz CT molecular complexity index is 965. The zero-order valence-corrected chi connectivity index (χ0v) is 16.5. The van der Waals surface area contributed by atoms with Crippen molar-refractivity contribution in [3.63, 3.8) is 0 Å². The fourth-order valence-corrected chi connectivity index (χ4v) is 2.71. The molecule has 8 heteroatoms. The van der Waals surface area contributed by atoms with E-state index < -0.39 is 0 Å². The molecule has 0 radical (unpaired) electrons. The average Bonchev–Trinajstić information content (AvgIpc) is 3.03. The van der Waals surface area contributed by atoms with Gasteiger partial charge in [0.25, 0.3) is 5.91 Å². The molecule has 3 rings (SSSR count). The molecule has 28 heavy (non-hydrogen) atoms. The number of amides is 1. The molecule has 8 nitrogen and oxygen atoms in total. The molecular weight excluding hydrogens is 356 g/mol. The largest absolute Gasteiger partial charge is 0.497 e. The molecule has 0 unspecified atom stereocenters. The van der Waals surface area contributed by atoms with E-state index in [4.69, 9.17) is 4.74 Å². The highest BCUT2D eigenvalue weighted by atomic mass is 16.5. The molecule has 1 aromatic carbocycles. The number of hydrogen-bond donors (Lipinski definition) is 2. The zero-order chi connectivity index (χ0) is 20.1. The second-order valence-electron chi connectivity index (χ2n) is 6.36. The van der Waals surface area contributed by atoms with Gasteiger partial charge in [-0.15, -0.1) is 0 Å². The van der Waals surface area contributed by atoms with E-state index in [1.165, 1.54) is 0 Å². The fourth-order valence-electron chi connectivity index (χ4n) is 2.71. The summed E-state index contributed by atoms with van der Waals surface area (Å²) in [6, 6.07) is 8.86. The van der Waals surface area contributed by atoms with Crippen LogP contribution in [0.5, 0.6) is 5.75 Å². The molecule has 0 bridgehead atoms. The predicted molar refractivity (Wildman–Crippen MR) is 107 cm³/mol. The summed E-state index contributed by atoms with van der Waals surface area (Å²) in [5.41, 5.74) is 2.59. The smallest absolute Gasteiger partial charge is 0.251 e. The summed E-state index contributed by atoms with van der Waals surface area (Å²) in [4.78, 5) is 25.4. The Balaban J connectivity index is 1.57. The number of methoxy groups -OCH3 is 1. The van der Waals surface area contributed by atoms with Gasteiger partial charge < -0.3 is 15.4 Å². The molecule has 3 aromatic rings. The van der Waals surface area contributed by atoms with Crippen LogP contribution < -0.4 is 15.4 Å². The van der Waals surface area contributed by atoms with Crippen LogP contribution in [-0.2, 0) is 0 Å². The first-order valence-electron chi connectivity index (χ1n) is 9.00. The van der Waals surface area contributed by atoms with Gasteiger partial charge in [-0.3, -0.25) is 9.36 Å². The summed E-state index contributed by atoms with van der Waals surface area (Å²) in [7, 11) is 1.59. The standard InChI is InChI=1S/C20H24N6O2/c1-13-14(2)26(12-23-13)19-11-18(24-15(3)25-19)21-9-10-22-20(27)16-5-7-17(28-4)8-6-16/h5-8,11-12H,9-10H2,1-4H3,(H,22,27)(H,21,24,25). The lowest BCUT2D eigenvalue weighted by atomic mass is 10.2. The number of ether oxygens (including phenoxy) is 1. The Morgan fingerprint density at radius 2 is 1.86 bits per heavy atom. The molecule has 0 saturated heterocycles. The number of rotatable bonds is 7. The van der Waals surface area contributed by atoms with Crippen LogP contribution in [0.2, 0.25) is 0 Å². The minimum absolute atomic E-state index is 0.131. The van der Waals surface area contributed by atoms with E-state index >= 15 is 0 Å². The van der Waals surface area contributed by atoms with Crippen molar-refractivity contribution in [3.05, 3.63) is 59.4 Å². The van der Waals surface area contributed by atoms with Gasteiger partial charge in [0.15, 0.2) is 0 Å². The predicted octanol–water partition coefficient (Wildman–Crippen LogP) is 2.44. The summed E-state index contributed by atoms with van der Waals surface area (Å²) in [6.45, 7) is 6.82. The SMILES string of the molecule is COc1ccc(C(=O)NCCNc2cc(-n3cnc(C)c3C)nc(C)n2)cc1. The Kier molecular flexibility index (Phi) is 5.88. The van der Waals surface area contributed by atoms with E-state index in [0.29, 0.717) is 30.3 Å². The molecule has 0 aliphatic carbocycles. The van der Waals surface area contributed by atoms with Crippen molar-refractivity contribution >= 4 is 11.7 Å². The van der Waals surface area contributed by atoms with Gasteiger partial charge in [-0.2, -0.15) is 0 Å². The van der Waals surface area contributed by atoms with Crippen LogP contribution in [0.3, 0.4) is 0 Å². The molecule has 146 valence electrons. The first-order valence-corrected chi connectivity index (χ1v) is 9.00. The first-order chi connectivity index (χ1) is 13.5. The molecule has 0 saturated carbocycles. The topological polar surface area (TPSA) is 94.0 Å². The Morgan fingerprint density at radius 1 is 1.11 bits per heavy atom. The zero-order valence-electron chi connectivity index (χ0n) is 16.5. The number of aryl methyl sites for hydroxylation is 2. The van der Waals surface area contributed by atoms with Crippen LogP contribution in [0.15, 0.2) is 36.7 Å². The average molecular weight is 380 g/mol. The number of benzene rings is 1. The van der Waals surface area contributed by atoms with Crippen molar-refractivity contribution in [1.82, 2.24) is 24.8 Å². The lowest BCUT2D eigenvalue weighted by molar-refractivity contribution is 0.0955. The quantitative estimate of drug-likeness (QED) is 0.612. The van der Waals surface area contributed by atoms with Crippen molar-refractivity contribution in [2.24, 2.45) is 0 Å². The number of anilines is 1. The van der Waals surface area contributed by atoms with E-state index in [2.05, 4.69) is 25.6 Å². The van der Waals surface area contributed by atoms with E-state index in [1.807, 2.05) is 31.4 Å². The molecule has 2 N–H and O–H groups in total. The second-order valence-corrected chi connectivity index (χ2v) is 6.36. The van der Waals surface area contributed by atoms with Crippen molar-refractivity contribution in [3.8, 4) is 11.6 Å². The summed E-state index contributed by atoms with van der Waals surface area (Å²) >= 11 is 0. The number of hydrogen-bond acceptors (Lipinski definition) is 6. The maximum Gasteiger partial charge on any atom is 0.251 e. The summed E-state index contributed by atoms with van der Waals surface area (Å²) in [5, 5.41) is 6.11. The van der Waals surface area contributed by atoms with Gasteiger partial charge >= 0.3 is 0 Å². The maximum atomic E-state index is 12.2. The van der Waals surface area contributed by atoms with Gasteiger partial charge in [0.05, 0.1) is 12.8 Å². The van der Waals surface area contributed by atoms with Gasteiger partial charge in [-0.25, -0.2) is 15.0 Å². The third-order valence-electron chi connectivity index (χ3n) is 4.39. The van der Waals surface area contributed by atoms with Gasteiger partial charge in [0, 0.05) is 30.4 Å². The van der Waals surface area contributed by atoms with Crippen LogP contribution in [0.1, 0.15) is 27.6 Å². The first kappa shape index (κ1) is 19.3. The molecule has 0 atom stereocenters. The highest BCUT2D eigenvalue weighted by Gasteiger charge is 2.09. The van der Waals surface area contributed by atoms with Crippen molar-refractivity contribution in [1.29, 1.82) is 0 Å². The van der Waals surface area contributed by atoms with Gasteiger partial charge in [-0.1, -0.05) is 0 Å². The number of imidazole rings is 1. The van der Waals surface area contributed by atoms with E-state index in [0.717, 1.165) is 23.0 Å². The highest BCUT2D eigenvalue weighted by molar-refractivity contribution is 5.94. The Hall–Kier alpha value is -3.42. The lowest BCUT2D eigenvalue weighted by Gasteiger charge is -2.11. The molecule has 0 aliphatic rings. The van der Waals surface area contributed by atoms with Crippen LogP contribution in [0, 0.1) is 20.8 Å². The van der Waals surface area contributed by atoms with Crippen LogP contribution in [-0.4, -0.2) is 45.6 Å². The van der Waals surface area contributed by atoms with Crippen LogP contribution in [0.25, 0.3) is 5.82 Å². The molecule has 0 fully saturated rings. The monoisotopic (exact) mass is 380 g/mol. The van der Waals surface area contributed by atoms with Gasteiger partial charge in [0.1, 0.15) is 29.5 Å². The Labute approximate surface area is 164 Å². The summed E-state index contributed by atoms with van der Waals surface area (Å²) < 4.78 is 7.03. The third-order valence-corrected chi connectivity index (χ3v) is 4.39. The number of nitrogens with zero attached hydrogens (tertiary/aromatic N) is 4. The lowest BCUT2D eigenvalue weighted by Crippen LogP contribution is -2.28. The van der Waals surface area contributed by atoms with Crippen molar-refractivity contribution in [2.75, 3.05) is 25.5 Å². The highest BCUT2D eigenvalue weighted by Crippen LogP contribution is 2.15. The van der Waals surface area contributed by atoms with Crippen molar-refractivity contribution in [2.45, 2.75) is 20.8 Å². The molecule has 2 aromatic heterocycles. The van der Waals surface area contributed by atoms with Gasteiger partial charge in [0.2, 0.25) is 0 Å². The second kappa shape index (κ2) is 8.51. The number of carbonyl (C=O) groups is 1. The minimum Gasteiger partial charge on any atom is -0.497 e. The van der Waals surface area contributed by atoms with Gasteiger partial charge in [-0.05, 0) is 45.0 Å². The normalized spacial score (nSPS) is 10.6. The van der Waals surface area contributed by atoms with Crippen LogP contribution in [0.4, 0.5) is 5.82 Å². The van der Waals surface area contributed by atoms with Crippen molar-refractivity contribution < 1.29 is 9.53 Å². The summed E-state index contributed by atoms with van der Waals surface area (Å²) in [5.74, 6) is 2.71. The number of aromatic nitrogens is 4. The molecule has 2 heterocycles. The molecule has 0 aliphatic heterocycles.